The number of carbonyl (C=O) groups excluding carboxylic acids is 1. The summed E-state index contributed by atoms with van der Waals surface area (Å²) < 4.78 is 55.5. The Labute approximate surface area is 291 Å². The van der Waals surface area contributed by atoms with Crippen LogP contribution in [0.1, 0.15) is 45.1 Å². The van der Waals surface area contributed by atoms with Gasteiger partial charge in [-0.1, -0.05) is 72.8 Å². The van der Waals surface area contributed by atoms with Crippen LogP contribution in [0.25, 0.3) is 10.9 Å². The number of halogens is 1. The first kappa shape index (κ1) is 33.6. The van der Waals surface area contributed by atoms with Crippen molar-refractivity contribution in [1.29, 1.82) is 0 Å². The third kappa shape index (κ3) is 6.94. The van der Waals surface area contributed by atoms with Crippen molar-refractivity contribution in [3.63, 3.8) is 0 Å². The molecule has 2 aliphatic heterocycles. The highest BCUT2D eigenvalue weighted by molar-refractivity contribution is 7.92. The van der Waals surface area contributed by atoms with Gasteiger partial charge in [0.2, 0.25) is 10.0 Å². The van der Waals surface area contributed by atoms with E-state index in [1.54, 1.807) is 36.3 Å². The van der Waals surface area contributed by atoms with Gasteiger partial charge in [0.25, 0.3) is 5.91 Å². The van der Waals surface area contributed by atoms with Crippen molar-refractivity contribution in [1.82, 2.24) is 14.8 Å². The molecule has 0 atom stereocenters. The van der Waals surface area contributed by atoms with Gasteiger partial charge >= 0.3 is 0 Å². The van der Waals surface area contributed by atoms with Gasteiger partial charge in [0.05, 0.1) is 30.2 Å². The number of pyridine rings is 1. The van der Waals surface area contributed by atoms with Gasteiger partial charge in [0.1, 0.15) is 17.4 Å². The van der Waals surface area contributed by atoms with Crippen LogP contribution in [0.15, 0.2) is 103 Å². The molecule has 2 aliphatic rings. The Hall–Kier alpha value is -4.84. The molecule has 50 heavy (non-hydrogen) atoms. The zero-order valence-corrected chi connectivity index (χ0v) is 28.7. The summed E-state index contributed by atoms with van der Waals surface area (Å²) >= 11 is 0. The Morgan fingerprint density at radius 2 is 1.58 bits per heavy atom. The smallest absolute Gasteiger partial charge is 0.258 e. The Kier molecular flexibility index (Phi) is 9.80. The topological polar surface area (TPSA) is 92.3 Å². The molecule has 1 saturated heterocycles. The van der Waals surface area contributed by atoms with E-state index in [1.165, 1.54) is 16.4 Å². The van der Waals surface area contributed by atoms with E-state index in [-0.39, 0.29) is 36.1 Å². The second-order valence-corrected chi connectivity index (χ2v) is 14.7. The van der Waals surface area contributed by atoms with E-state index in [1.807, 2.05) is 66.7 Å². The molecule has 7 rings (SSSR count). The van der Waals surface area contributed by atoms with Crippen LogP contribution in [-0.4, -0.2) is 74.8 Å². The van der Waals surface area contributed by atoms with E-state index in [0.29, 0.717) is 54.1 Å². The van der Waals surface area contributed by atoms with Crippen LogP contribution in [0, 0.1) is 5.82 Å². The summed E-state index contributed by atoms with van der Waals surface area (Å²) in [5.74, 6) is -0.450. The first-order valence-corrected chi connectivity index (χ1v) is 18.4. The number of fused-ring (bicyclic) bond motifs is 2. The molecule has 11 heteroatoms. The molecule has 1 amide bonds. The van der Waals surface area contributed by atoms with E-state index in [0.717, 1.165) is 29.8 Å². The van der Waals surface area contributed by atoms with Crippen molar-refractivity contribution in [3.05, 3.63) is 137 Å². The molecular weight excluding hydrogens is 656 g/mol. The summed E-state index contributed by atoms with van der Waals surface area (Å²) in [5, 5.41) is 0.566. The van der Waals surface area contributed by atoms with Gasteiger partial charge < -0.3 is 14.4 Å². The lowest BCUT2D eigenvalue weighted by atomic mass is 9.99. The Balaban J connectivity index is 1.33. The van der Waals surface area contributed by atoms with Crippen LogP contribution < -0.4 is 9.04 Å². The number of carbonyl (C=O) groups is 1. The number of hydrogen-bond donors (Lipinski definition) is 0. The fourth-order valence-electron chi connectivity index (χ4n) is 6.80. The van der Waals surface area contributed by atoms with Gasteiger partial charge in [0, 0.05) is 50.4 Å². The molecule has 0 unspecified atom stereocenters. The maximum absolute atomic E-state index is 14.5. The molecule has 5 aromatic rings. The highest BCUT2D eigenvalue weighted by atomic mass is 32.2. The van der Waals surface area contributed by atoms with Crippen molar-refractivity contribution in [2.24, 2.45) is 0 Å². The average Bonchev–Trinajstić information content (AvgIpc) is 3.46. The Bertz CT molecular complexity index is 2040. The molecule has 3 heterocycles. The van der Waals surface area contributed by atoms with Crippen molar-refractivity contribution >= 4 is 32.5 Å². The van der Waals surface area contributed by atoms with Crippen molar-refractivity contribution in [2.45, 2.75) is 25.6 Å². The summed E-state index contributed by atoms with van der Waals surface area (Å²) in [6.45, 7) is 3.83. The zero-order valence-electron chi connectivity index (χ0n) is 27.9. The second kappa shape index (κ2) is 14.6. The molecule has 0 bridgehead atoms. The third-order valence-electron chi connectivity index (χ3n) is 9.38. The van der Waals surface area contributed by atoms with Gasteiger partial charge in [-0.05, 0) is 53.9 Å². The van der Waals surface area contributed by atoms with Crippen LogP contribution in [0.2, 0.25) is 0 Å². The molecule has 1 aromatic heterocycles. The SMILES string of the molecule is CN(c1c2c(c(OC(c3ccccc3)c3ccccc3)c3ncccc13)C(=O)N(Cc1ccc(F)cc1)C2)S(=O)(=O)CCCN1CCOCC1. The van der Waals surface area contributed by atoms with Gasteiger partial charge in [-0.2, -0.15) is 0 Å². The first-order chi connectivity index (χ1) is 24.3. The average molecular weight is 695 g/mol. The number of aromatic nitrogens is 1. The number of hydrogen-bond acceptors (Lipinski definition) is 7. The third-order valence-corrected chi connectivity index (χ3v) is 11.2. The maximum atomic E-state index is 14.5. The minimum atomic E-state index is -3.81. The highest BCUT2D eigenvalue weighted by Gasteiger charge is 2.39. The highest BCUT2D eigenvalue weighted by Crippen LogP contribution is 2.47. The van der Waals surface area contributed by atoms with E-state index >= 15 is 0 Å². The number of sulfonamides is 1. The summed E-state index contributed by atoms with van der Waals surface area (Å²) in [7, 11) is -2.26. The maximum Gasteiger partial charge on any atom is 0.258 e. The van der Waals surface area contributed by atoms with Crippen molar-refractivity contribution < 1.29 is 27.1 Å². The number of benzene rings is 4. The summed E-state index contributed by atoms with van der Waals surface area (Å²) in [6.07, 6.45) is 1.49. The standard InChI is InChI=1S/C39H39FN4O5S/c1-42(50(46,47)25-9-20-43-21-23-48-24-22-43)36-32-14-8-19-41-35(32)38(49-37(29-10-4-2-5-11-29)30-12-6-3-7-13-30)34-33(36)27-44(39(34)45)26-28-15-17-31(40)18-16-28/h2-8,10-19,37H,9,20-27H2,1H3. The molecule has 0 spiro atoms. The van der Waals surface area contributed by atoms with Crippen LogP contribution in [0.4, 0.5) is 10.1 Å². The van der Waals surface area contributed by atoms with E-state index in [4.69, 9.17) is 14.5 Å². The normalized spacial score (nSPS) is 15.1. The van der Waals surface area contributed by atoms with Crippen LogP contribution >= 0.6 is 0 Å². The minimum absolute atomic E-state index is 0.0625. The number of ether oxygens (including phenoxy) is 2. The predicted molar refractivity (Wildman–Crippen MR) is 191 cm³/mol. The molecule has 1 fully saturated rings. The first-order valence-electron chi connectivity index (χ1n) is 16.8. The fraction of sp³-hybridized carbons (Fsp3) is 0.282. The molecule has 0 N–H and O–H groups in total. The van der Waals surface area contributed by atoms with Crippen molar-refractivity contribution in [3.8, 4) is 5.75 Å². The number of amides is 1. The summed E-state index contributed by atoms with van der Waals surface area (Å²) in [4.78, 5) is 23.1. The van der Waals surface area contributed by atoms with Crippen LogP contribution in [-0.2, 0) is 27.8 Å². The number of rotatable bonds is 12. The number of morpholine rings is 1. The minimum Gasteiger partial charge on any atom is -0.478 e. The fourth-order valence-corrected chi connectivity index (χ4v) is 8.05. The molecule has 4 aromatic carbocycles. The van der Waals surface area contributed by atoms with Gasteiger partial charge in [-0.3, -0.25) is 19.0 Å². The molecular formula is C39H39FN4O5S. The van der Waals surface area contributed by atoms with Crippen molar-refractivity contribution in [2.75, 3.05) is 50.0 Å². The zero-order chi connectivity index (χ0) is 34.7. The summed E-state index contributed by atoms with van der Waals surface area (Å²) in [6, 6.07) is 29.1. The molecule has 0 aliphatic carbocycles. The van der Waals surface area contributed by atoms with Gasteiger partial charge in [-0.25, -0.2) is 12.8 Å². The second-order valence-electron chi connectivity index (χ2n) is 12.6. The lowest BCUT2D eigenvalue weighted by molar-refractivity contribution is 0.0381. The van der Waals surface area contributed by atoms with Gasteiger partial charge in [-0.15, -0.1) is 0 Å². The molecule has 258 valence electrons. The molecule has 9 nitrogen and oxygen atoms in total. The van der Waals surface area contributed by atoms with E-state index < -0.39 is 16.1 Å². The van der Waals surface area contributed by atoms with Crippen LogP contribution in [0.3, 0.4) is 0 Å². The molecule has 0 saturated carbocycles. The monoisotopic (exact) mass is 694 g/mol. The summed E-state index contributed by atoms with van der Waals surface area (Å²) in [5.41, 5.74) is 4.14. The Morgan fingerprint density at radius 1 is 0.920 bits per heavy atom. The van der Waals surface area contributed by atoms with Gasteiger partial charge in [0.15, 0.2) is 5.75 Å². The van der Waals surface area contributed by atoms with Crippen LogP contribution in [0.5, 0.6) is 5.75 Å². The lowest BCUT2D eigenvalue weighted by Gasteiger charge is -2.28. The Morgan fingerprint density at radius 3 is 2.24 bits per heavy atom. The largest absolute Gasteiger partial charge is 0.478 e. The number of anilines is 1. The molecule has 0 radical (unpaired) electrons. The predicted octanol–water partition coefficient (Wildman–Crippen LogP) is 6.19. The van der Waals surface area contributed by atoms with E-state index in [9.17, 15) is 17.6 Å². The quantitative estimate of drug-likeness (QED) is 0.154. The van der Waals surface area contributed by atoms with E-state index in [2.05, 4.69) is 4.90 Å². The lowest BCUT2D eigenvalue weighted by Crippen LogP contribution is -2.38. The number of nitrogens with zero attached hydrogens (tertiary/aromatic N) is 4.